The van der Waals surface area contributed by atoms with Gasteiger partial charge in [0.1, 0.15) is 21.8 Å². The molecule has 1 unspecified atom stereocenters. The minimum atomic E-state index is -1.11. The largest absolute Gasteiger partial charge is 0.484 e. The van der Waals surface area contributed by atoms with Gasteiger partial charge in [-0.3, -0.25) is 4.79 Å². The number of carboxylic acids is 1. The van der Waals surface area contributed by atoms with Gasteiger partial charge < -0.3 is 19.5 Å². The number of aromatic nitrogens is 1. The maximum absolute atomic E-state index is 13.3. The molecule has 0 spiro atoms. The molecule has 1 amide bonds. The molecule has 1 aliphatic heterocycles. The molecular weight excluding hydrogens is 503 g/mol. The summed E-state index contributed by atoms with van der Waals surface area (Å²) < 4.78 is 11.2. The van der Waals surface area contributed by atoms with Crippen molar-refractivity contribution in [2.24, 2.45) is 0 Å². The predicted octanol–water partition coefficient (Wildman–Crippen LogP) is 5.06. The number of rotatable bonds is 7. The number of halogens is 3. The van der Waals surface area contributed by atoms with Gasteiger partial charge in [0.2, 0.25) is 0 Å². The van der Waals surface area contributed by atoms with Crippen LogP contribution in [0.3, 0.4) is 0 Å². The highest BCUT2D eigenvalue weighted by Gasteiger charge is 2.34. The number of benzene rings is 2. The zero-order valence-corrected chi connectivity index (χ0v) is 20.0. The van der Waals surface area contributed by atoms with Gasteiger partial charge in [0.05, 0.1) is 6.04 Å². The van der Waals surface area contributed by atoms with E-state index in [1.54, 1.807) is 23.1 Å². The number of fused-ring (bicyclic) bond motifs is 1. The molecule has 0 saturated carbocycles. The van der Waals surface area contributed by atoms with Gasteiger partial charge in [-0.05, 0) is 35.7 Å². The lowest BCUT2D eigenvalue weighted by atomic mass is 9.87. The number of carbonyl (C=O) groups excluding carboxylic acids is 1. The molecule has 1 aliphatic rings. The van der Waals surface area contributed by atoms with Crippen molar-refractivity contribution in [3.8, 4) is 11.5 Å². The Morgan fingerprint density at radius 3 is 2.44 bits per heavy atom. The summed E-state index contributed by atoms with van der Waals surface area (Å²) in [6.45, 7) is -0.364. The van der Waals surface area contributed by atoms with Gasteiger partial charge in [-0.15, -0.1) is 0 Å². The molecular formula is C24H19Cl3N2O5. The molecule has 1 N–H and O–H groups in total. The molecule has 0 radical (unpaired) electrons. The van der Waals surface area contributed by atoms with Crippen LogP contribution in [0.1, 0.15) is 22.7 Å². The van der Waals surface area contributed by atoms with Crippen LogP contribution in [0.15, 0.2) is 54.6 Å². The molecule has 7 nitrogen and oxygen atoms in total. The first kappa shape index (κ1) is 24.1. The summed E-state index contributed by atoms with van der Waals surface area (Å²) >= 11 is 18.1. The molecule has 1 aromatic heterocycles. The summed E-state index contributed by atoms with van der Waals surface area (Å²) in [5, 5.41) is 9.83. The van der Waals surface area contributed by atoms with E-state index in [2.05, 4.69) is 4.98 Å². The first-order valence-electron chi connectivity index (χ1n) is 10.3. The number of amides is 1. The van der Waals surface area contributed by atoms with E-state index in [0.717, 1.165) is 11.1 Å². The second-order valence-electron chi connectivity index (χ2n) is 7.54. The van der Waals surface area contributed by atoms with Crippen molar-refractivity contribution in [1.29, 1.82) is 0 Å². The van der Waals surface area contributed by atoms with E-state index in [4.69, 9.17) is 49.4 Å². The number of pyridine rings is 1. The Bertz CT molecular complexity index is 1220. The number of ether oxygens (including phenoxy) is 2. The van der Waals surface area contributed by atoms with Crippen LogP contribution in [0.2, 0.25) is 15.3 Å². The normalized spacial score (nSPS) is 14.9. The lowest BCUT2D eigenvalue weighted by Crippen LogP contribution is -2.43. The van der Waals surface area contributed by atoms with E-state index < -0.39 is 18.6 Å². The van der Waals surface area contributed by atoms with E-state index in [9.17, 15) is 9.59 Å². The van der Waals surface area contributed by atoms with E-state index in [0.29, 0.717) is 35.1 Å². The topological polar surface area (TPSA) is 89.0 Å². The average Bonchev–Trinajstić information content (AvgIpc) is 2.80. The van der Waals surface area contributed by atoms with Crippen molar-refractivity contribution in [2.45, 2.75) is 12.5 Å². The number of carboxylic acid groups (broad SMARTS) is 1. The monoisotopic (exact) mass is 520 g/mol. The van der Waals surface area contributed by atoms with Crippen LogP contribution in [0.4, 0.5) is 0 Å². The Morgan fingerprint density at radius 1 is 0.971 bits per heavy atom. The van der Waals surface area contributed by atoms with Crippen LogP contribution in [0.5, 0.6) is 11.5 Å². The van der Waals surface area contributed by atoms with E-state index in [1.807, 2.05) is 24.3 Å². The van der Waals surface area contributed by atoms with Crippen LogP contribution >= 0.6 is 34.8 Å². The standard InChI is InChI=1S/C24H19Cl3N2O5/c25-15-5-6-19(34-13-23(31)32)18(9-15)24-17-4-2-1-3-14(17)7-8-29(24)22(30)12-33-16-10-20(26)28-21(27)11-16/h1-6,9-11,24H,7-8,12-13H2,(H,31,32). The Kier molecular flexibility index (Phi) is 7.46. The van der Waals surface area contributed by atoms with Crippen LogP contribution < -0.4 is 9.47 Å². The molecule has 0 bridgehead atoms. The summed E-state index contributed by atoms with van der Waals surface area (Å²) in [7, 11) is 0. The third-order valence-corrected chi connectivity index (χ3v) is 5.94. The highest BCUT2D eigenvalue weighted by atomic mass is 35.5. The van der Waals surface area contributed by atoms with Crippen molar-refractivity contribution in [1.82, 2.24) is 9.88 Å². The van der Waals surface area contributed by atoms with E-state index in [-0.39, 0.29) is 22.8 Å². The Balaban J connectivity index is 1.68. The Labute approximate surface area is 210 Å². The number of carbonyl (C=O) groups is 2. The maximum atomic E-state index is 13.3. The lowest BCUT2D eigenvalue weighted by Gasteiger charge is -2.38. The summed E-state index contributed by atoms with van der Waals surface area (Å²) in [5.74, 6) is -0.742. The molecule has 3 aromatic rings. The molecule has 0 fully saturated rings. The van der Waals surface area contributed by atoms with Gasteiger partial charge in [0.25, 0.3) is 5.91 Å². The fraction of sp³-hybridized carbons (Fsp3) is 0.208. The van der Waals surface area contributed by atoms with Crippen LogP contribution in [0.25, 0.3) is 0 Å². The molecule has 1 atom stereocenters. The number of hydrogen-bond acceptors (Lipinski definition) is 5. The third kappa shape index (κ3) is 5.55. The van der Waals surface area contributed by atoms with Crippen molar-refractivity contribution >= 4 is 46.7 Å². The lowest BCUT2D eigenvalue weighted by molar-refractivity contribution is -0.139. The maximum Gasteiger partial charge on any atom is 0.341 e. The van der Waals surface area contributed by atoms with Gasteiger partial charge in [-0.2, -0.15) is 0 Å². The first-order valence-corrected chi connectivity index (χ1v) is 11.4. The van der Waals surface area contributed by atoms with Crippen molar-refractivity contribution < 1.29 is 24.2 Å². The second kappa shape index (κ2) is 10.5. The molecule has 2 aromatic carbocycles. The summed E-state index contributed by atoms with van der Waals surface area (Å²) in [4.78, 5) is 30.0. The molecule has 34 heavy (non-hydrogen) atoms. The van der Waals surface area contributed by atoms with Gasteiger partial charge in [0, 0.05) is 29.3 Å². The van der Waals surface area contributed by atoms with Crippen LogP contribution in [0, 0.1) is 0 Å². The van der Waals surface area contributed by atoms with E-state index >= 15 is 0 Å². The fourth-order valence-electron chi connectivity index (χ4n) is 3.93. The summed E-state index contributed by atoms with van der Waals surface area (Å²) in [5.41, 5.74) is 2.57. The van der Waals surface area contributed by atoms with Crippen molar-refractivity contribution in [3.05, 3.63) is 86.6 Å². The predicted molar refractivity (Wildman–Crippen MR) is 128 cm³/mol. The van der Waals surface area contributed by atoms with E-state index in [1.165, 1.54) is 12.1 Å². The third-order valence-electron chi connectivity index (χ3n) is 5.32. The smallest absolute Gasteiger partial charge is 0.341 e. The van der Waals surface area contributed by atoms with Gasteiger partial charge in [0.15, 0.2) is 13.2 Å². The van der Waals surface area contributed by atoms with Gasteiger partial charge in [-0.1, -0.05) is 59.1 Å². The SMILES string of the molecule is O=C(O)COc1ccc(Cl)cc1C1c2ccccc2CCN1C(=O)COc1cc(Cl)nc(Cl)c1. The zero-order chi connectivity index (χ0) is 24.2. The highest BCUT2D eigenvalue weighted by Crippen LogP contribution is 2.40. The molecule has 0 saturated heterocycles. The van der Waals surface area contributed by atoms with Crippen LogP contribution in [-0.4, -0.2) is 46.6 Å². The van der Waals surface area contributed by atoms with Crippen LogP contribution in [-0.2, 0) is 16.0 Å². The minimum Gasteiger partial charge on any atom is -0.484 e. The summed E-state index contributed by atoms with van der Waals surface area (Å²) in [6, 6.07) is 15.1. The summed E-state index contributed by atoms with van der Waals surface area (Å²) in [6.07, 6.45) is 0.650. The Morgan fingerprint density at radius 2 is 1.71 bits per heavy atom. The van der Waals surface area contributed by atoms with Gasteiger partial charge >= 0.3 is 5.97 Å². The quantitative estimate of drug-likeness (QED) is 0.437. The first-order chi connectivity index (χ1) is 16.3. The van der Waals surface area contributed by atoms with Gasteiger partial charge in [-0.25, -0.2) is 9.78 Å². The molecule has 10 heteroatoms. The number of nitrogens with zero attached hydrogens (tertiary/aromatic N) is 2. The average molecular weight is 522 g/mol. The molecule has 4 rings (SSSR count). The van der Waals surface area contributed by atoms with Crippen molar-refractivity contribution in [2.75, 3.05) is 19.8 Å². The zero-order valence-electron chi connectivity index (χ0n) is 17.7. The molecule has 2 heterocycles. The fourth-order valence-corrected chi connectivity index (χ4v) is 4.55. The number of hydrogen-bond donors (Lipinski definition) is 1. The van der Waals surface area contributed by atoms with Crippen molar-refractivity contribution in [3.63, 3.8) is 0 Å². The molecule has 0 aliphatic carbocycles. The highest BCUT2D eigenvalue weighted by molar-refractivity contribution is 6.32. The second-order valence-corrected chi connectivity index (χ2v) is 8.75. The number of aliphatic carboxylic acids is 1. The Hall–Kier alpha value is -3.00. The minimum absolute atomic E-state index is 0.152. The molecule has 176 valence electrons.